The Morgan fingerprint density at radius 3 is 2.71 bits per heavy atom. The summed E-state index contributed by atoms with van der Waals surface area (Å²) < 4.78 is 1.97. The molecule has 0 amide bonds. The quantitative estimate of drug-likeness (QED) is 0.386. The van der Waals surface area contributed by atoms with Crippen LogP contribution in [0.2, 0.25) is 0 Å². The first kappa shape index (κ1) is 22.7. The summed E-state index contributed by atoms with van der Waals surface area (Å²) in [6, 6.07) is 1.07. The van der Waals surface area contributed by atoms with Crippen LogP contribution in [0.3, 0.4) is 0 Å². The van der Waals surface area contributed by atoms with Crippen molar-refractivity contribution >= 4 is 5.96 Å². The number of aromatic nitrogens is 2. The molecule has 1 saturated heterocycles. The number of nitrogens with one attached hydrogen (secondary N) is 2. The number of unbranched alkanes of at least 4 members (excludes halogenated alkanes) is 1. The lowest BCUT2D eigenvalue weighted by atomic mass is 10.0. The van der Waals surface area contributed by atoms with Gasteiger partial charge in [0.25, 0.3) is 0 Å². The molecule has 1 aliphatic heterocycles. The lowest BCUT2D eigenvalue weighted by Gasteiger charge is -2.33. The van der Waals surface area contributed by atoms with E-state index in [0.717, 1.165) is 43.6 Å². The maximum atomic E-state index is 4.80. The molecule has 1 aromatic rings. The second-order valence-corrected chi connectivity index (χ2v) is 8.37. The van der Waals surface area contributed by atoms with Crippen molar-refractivity contribution in [3.8, 4) is 0 Å². The van der Waals surface area contributed by atoms with Crippen molar-refractivity contribution in [2.75, 3.05) is 26.2 Å². The molecule has 0 saturated carbocycles. The highest BCUT2D eigenvalue weighted by Crippen LogP contribution is 2.17. The van der Waals surface area contributed by atoms with Gasteiger partial charge in [-0.25, -0.2) is 0 Å². The van der Waals surface area contributed by atoms with E-state index in [2.05, 4.69) is 55.3 Å². The third-order valence-corrected chi connectivity index (χ3v) is 5.96. The predicted molar refractivity (Wildman–Crippen MR) is 119 cm³/mol. The van der Waals surface area contributed by atoms with Gasteiger partial charge < -0.3 is 15.5 Å². The molecule has 6 nitrogen and oxygen atoms in total. The second-order valence-electron chi connectivity index (χ2n) is 8.37. The van der Waals surface area contributed by atoms with E-state index >= 15 is 0 Å². The summed E-state index contributed by atoms with van der Waals surface area (Å²) in [4.78, 5) is 7.45. The zero-order valence-electron chi connectivity index (χ0n) is 19.0. The predicted octanol–water partition coefficient (Wildman–Crippen LogP) is 3.18. The standard InChI is InChI=1S/C22H42N6/c1-7-23-22(24-13-9-11-15-28-14-10-8-12-18(28)3)25-17(2)16-21-19(4)26-27(6)20(21)5/h17-18H,7-16H2,1-6H3,(H2,23,24,25). The van der Waals surface area contributed by atoms with Crippen molar-refractivity contribution in [3.63, 3.8) is 0 Å². The van der Waals surface area contributed by atoms with E-state index in [4.69, 9.17) is 4.99 Å². The van der Waals surface area contributed by atoms with Crippen molar-refractivity contribution in [2.24, 2.45) is 12.0 Å². The van der Waals surface area contributed by atoms with Gasteiger partial charge in [0.05, 0.1) is 5.69 Å². The van der Waals surface area contributed by atoms with Crippen molar-refractivity contribution in [1.29, 1.82) is 0 Å². The van der Waals surface area contributed by atoms with Crippen LogP contribution in [0.25, 0.3) is 0 Å². The number of aliphatic imine (C=N–C) groups is 1. The Bertz CT molecular complexity index is 621. The van der Waals surface area contributed by atoms with Crippen LogP contribution in [0.5, 0.6) is 0 Å². The molecular formula is C22H42N6. The average molecular weight is 391 g/mol. The molecule has 2 unspecified atom stereocenters. The van der Waals surface area contributed by atoms with Gasteiger partial charge in [-0.15, -0.1) is 0 Å². The summed E-state index contributed by atoms with van der Waals surface area (Å²) in [5.74, 6) is 0.931. The molecule has 6 heteroatoms. The molecule has 28 heavy (non-hydrogen) atoms. The van der Waals surface area contributed by atoms with Crippen LogP contribution in [0.15, 0.2) is 4.99 Å². The smallest absolute Gasteiger partial charge is 0.191 e. The molecule has 1 aliphatic rings. The molecule has 2 rings (SSSR count). The second kappa shape index (κ2) is 11.4. The van der Waals surface area contributed by atoms with E-state index < -0.39 is 0 Å². The van der Waals surface area contributed by atoms with Gasteiger partial charge in [0.1, 0.15) is 0 Å². The van der Waals surface area contributed by atoms with E-state index in [1.807, 2.05) is 11.7 Å². The molecule has 0 aliphatic carbocycles. The molecule has 2 N–H and O–H groups in total. The Balaban J connectivity index is 1.77. The Labute approximate surface area is 172 Å². The highest BCUT2D eigenvalue weighted by molar-refractivity contribution is 5.80. The molecule has 0 aromatic carbocycles. The Hall–Kier alpha value is -1.56. The average Bonchev–Trinajstić information content (AvgIpc) is 2.89. The number of guanidine groups is 1. The zero-order chi connectivity index (χ0) is 20.5. The van der Waals surface area contributed by atoms with E-state index in [1.54, 1.807) is 0 Å². The summed E-state index contributed by atoms with van der Waals surface area (Å²) in [7, 11) is 2.01. The van der Waals surface area contributed by atoms with Crippen LogP contribution in [-0.2, 0) is 13.5 Å². The minimum atomic E-state index is 0.314. The lowest BCUT2D eigenvalue weighted by molar-refractivity contribution is 0.158. The number of nitrogens with zero attached hydrogens (tertiary/aromatic N) is 4. The molecule has 0 bridgehead atoms. The van der Waals surface area contributed by atoms with Gasteiger partial charge in [-0.1, -0.05) is 6.42 Å². The van der Waals surface area contributed by atoms with Gasteiger partial charge in [0.2, 0.25) is 0 Å². The van der Waals surface area contributed by atoms with E-state index in [0.29, 0.717) is 6.04 Å². The van der Waals surface area contributed by atoms with Crippen LogP contribution >= 0.6 is 0 Å². The van der Waals surface area contributed by atoms with Gasteiger partial charge in [0, 0.05) is 37.9 Å². The fraction of sp³-hybridized carbons (Fsp3) is 0.818. The number of aryl methyl sites for hydroxylation is 2. The van der Waals surface area contributed by atoms with Crippen molar-refractivity contribution in [2.45, 2.75) is 85.2 Å². The molecule has 0 spiro atoms. The van der Waals surface area contributed by atoms with Gasteiger partial charge in [0.15, 0.2) is 5.96 Å². The first-order chi connectivity index (χ1) is 13.4. The summed E-state index contributed by atoms with van der Waals surface area (Å²) in [5, 5.41) is 11.5. The molecule has 2 heterocycles. The zero-order valence-corrected chi connectivity index (χ0v) is 19.0. The van der Waals surface area contributed by atoms with Crippen LogP contribution in [-0.4, -0.2) is 58.9 Å². The SMILES string of the molecule is CCNC(=NCCCCN1CCCCC1C)NC(C)Cc1c(C)nn(C)c1C. The van der Waals surface area contributed by atoms with Gasteiger partial charge in [-0.2, -0.15) is 5.10 Å². The van der Waals surface area contributed by atoms with Crippen LogP contribution in [0.1, 0.15) is 69.8 Å². The maximum Gasteiger partial charge on any atom is 0.191 e. The lowest BCUT2D eigenvalue weighted by Crippen LogP contribution is -2.43. The van der Waals surface area contributed by atoms with Crippen LogP contribution in [0, 0.1) is 13.8 Å². The summed E-state index contributed by atoms with van der Waals surface area (Å²) in [6.07, 6.45) is 7.47. The molecule has 2 atom stereocenters. The van der Waals surface area contributed by atoms with Gasteiger partial charge in [-0.05, 0) is 85.4 Å². The number of rotatable bonds is 9. The highest BCUT2D eigenvalue weighted by atomic mass is 15.3. The molecule has 1 aromatic heterocycles. The molecule has 1 fully saturated rings. The summed E-state index contributed by atoms with van der Waals surface area (Å²) >= 11 is 0. The summed E-state index contributed by atoms with van der Waals surface area (Å²) in [6.45, 7) is 15.2. The summed E-state index contributed by atoms with van der Waals surface area (Å²) in [5.41, 5.74) is 3.72. The van der Waals surface area contributed by atoms with Crippen LogP contribution < -0.4 is 10.6 Å². The fourth-order valence-electron chi connectivity index (χ4n) is 4.13. The third-order valence-electron chi connectivity index (χ3n) is 5.96. The number of piperidine rings is 1. The minimum Gasteiger partial charge on any atom is -0.357 e. The Morgan fingerprint density at radius 1 is 1.29 bits per heavy atom. The molecule has 160 valence electrons. The Kier molecular flexibility index (Phi) is 9.29. The van der Waals surface area contributed by atoms with Crippen molar-refractivity contribution < 1.29 is 0 Å². The maximum absolute atomic E-state index is 4.80. The highest BCUT2D eigenvalue weighted by Gasteiger charge is 2.17. The molecule has 0 radical (unpaired) electrons. The largest absolute Gasteiger partial charge is 0.357 e. The monoisotopic (exact) mass is 390 g/mol. The van der Waals surface area contributed by atoms with E-state index in [-0.39, 0.29) is 0 Å². The van der Waals surface area contributed by atoms with E-state index in [9.17, 15) is 0 Å². The fourth-order valence-corrected chi connectivity index (χ4v) is 4.13. The number of likely N-dealkylation sites (tertiary alicyclic amines) is 1. The van der Waals surface area contributed by atoms with Gasteiger partial charge >= 0.3 is 0 Å². The third kappa shape index (κ3) is 6.80. The van der Waals surface area contributed by atoms with Crippen molar-refractivity contribution in [3.05, 3.63) is 17.0 Å². The minimum absolute atomic E-state index is 0.314. The number of hydrogen-bond donors (Lipinski definition) is 2. The van der Waals surface area contributed by atoms with Crippen molar-refractivity contribution in [1.82, 2.24) is 25.3 Å². The first-order valence-corrected chi connectivity index (χ1v) is 11.2. The van der Waals surface area contributed by atoms with Gasteiger partial charge in [-0.3, -0.25) is 9.67 Å². The van der Waals surface area contributed by atoms with E-state index in [1.165, 1.54) is 50.0 Å². The first-order valence-electron chi connectivity index (χ1n) is 11.2. The topological polar surface area (TPSA) is 57.5 Å². The normalized spacial score (nSPS) is 19.6. The number of hydrogen-bond acceptors (Lipinski definition) is 3. The van der Waals surface area contributed by atoms with Crippen LogP contribution in [0.4, 0.5) is 0 Å². The Morgan fingerprint density at radius 2 is 2.07 bits per heavy atom. The molecular weight excluding hydrogens is 348 g/mol.